The van der Waals surface area contributed by atoms with Gasteiger partial charge in [-0.15, -0.1) is 0 Å². The lowest BCUT2D eigenvalue weighted by molar-refractivity contribution is 0.102. The van der Waals surface area contributed by atoms with E-state index in [0.717, 1.165) is 5.56 Å². The van der Waals surface area contributed by atoms with Crippen molar-refractivity contribution in [2.75, 3.05) is 11.9 Å². The van der Waals surface area contributed by atoms with Crippen LogP contribution in [0.3, 0.4) is 0 Å². The van der Waals surface area contributed by atoms with E-state index in [1.54, 1.807) is 23.0 Å². The molecule has 2 heterocycles. The number of nitrogens with zero attached hydrogens (tertiary/aromatic N) is 3. The van der Waals surface area contributed by atoms with Crippen LogP contribution in [0.2, 0.25) is 5.02 Å². The lowest BCUT2D eigenvalue weighted by Gasteiger charge is -2.12. The molecule has 1 N–H and O–H groups in total. The highest BCUT2D eigenvalue weighted by molar-refractivity contribution is 6.34. The number of carbonyl (C=O) groups is 1. The highest BCUT2D eigenvalue weighted by Crippen LogP contribution is 2.21. The molecule has 0 spiro atoms. The number of aromatic nitrogens is 3. The van der Waals surface area contributed by atoms with Gasteiger partial charge in [0.2, 0.25) is 5.88 Å². The van der Waals surface area contributed by atoms with Crippen LogP contribution in [-0.2, 0) is 6.54 Å². The number of benzene rings is 1. The smallest absolute Gasteiger partial charge is 0.275 e. The van der Waals surface area contributed by atoms with Gasteiger partial charge < -0.3 is 10.1 Å². The van der Waals surface area contributed by atoms with Crippen LogP contribution in [-0.4, -0.2) is 27.3 Å². The Labute approximate surface area is 150 Å². The Kier molecular flexibility index (Phi) is 5.30. The Morgan fingerprint density at radius 2 is 2.08 bits per heavy atom. The molecule has 0 atom stereocenters. The van der Waals surface area contributed by atoms with Crippen LogP contribution in [0.1, 0.15) is 23.0 Å². The summed E-state index contributed by atoms with van der Waals surface area (Å²) in [6.45, 7) is 2.85. The number of ether oxygens (including phenoxy) is 1. The number of amides is 1. The van der Waals surface area contributed by atoms with Crippen LogP contribution in [0, 0.1) is 0 Å². The number of pyridine rings is 1. The maximum atomic E-state index is 12.6. The molecule has 0 bridgehead atoms. The zero-order chi connectivity index (χ0) is 17.6. The van der Waals surface area contributed by atoms with Gasteiger partial charge in [-0.25, -0.2) is 4.98 Å². The highest BCUT2D eigenvalue weighted by atomic mass is 35.5. The Bertz CT molecular complexity index is 865. The SMILES string of the molecule is CCOc1ccc(Cl)c(C(=O)Nc2ccccc2Cn2cccn2)n1. The molecule has 0 aliphatic carbocycles. The largest absolute Gasteiger partial charge is 0.478 e. The molecule has 0 radical (unpaired) electrons. The predicted molar refractivity (Wildman–Crippen MR) is 96.1 cm³/mol. The van der Waals surface area contributed by atoms with E-state index < -0.39 is 0 Å². The van der Waals surface area contributed by atoms with Crippen LogP contribution >= 0.6 is 11.6 Å². The average Bonchev–Trinajstić information content (AvgIpc) is 3.11. The van der Waals surface area contributed by atoms with Gasteiger partial charge in [0.05, 0.1) is 18.2 Å². The number of anilines is 1. The number of para-hydroxylation sites is 1. The lowest BCUT2D eigenvalue weighted by Crippen LogP contribution is -2.16. The van der Waals surface area contributed by atoms with Crippen LogP contribution < -0.4 is 10.1 Å². The fourth-order valence-electron chi connectivity index (χ4n) is 2.34. The molecular weight excluding hydrogens is 340 g/mol. The number of rotatable bonds is 6. The first-order valence-corrected chi connectivity index (χ1v) is 8.21. The van der Waals surface area contributed by atoms with Crippen molar-refractivity contribution in [1.82, 2.24) is 14.8 Å². The second-order valence-corrected chi connectivity index (χ2v) is 5.64. The van der Waals surface area contributed by atoms with Gasteiger partial charge in [0, 0.05) is 24.1 Å². The summed E-state index contributed by atoms with van der Waals surface area (Å²) in [5.41, 5.74) is 1.74. The van der Waals surface area contributed by atoms with Crippen molar-refractivity contribution < 1.29 is 9.53 Å². The van der Waals surface area contributed by atoms with E-state index >= 15 is 0 Å². The van der Waals surface area contributed by atoms with E-state index in [2.05, 4.69) is 15.4 Å². The molecule has 0 fully saturated rings. The van der Waals surface area contributed by atoms with E-state index in [1.165, 1.54) is 0 Å². The van der Waals surface area contributed by atoms with Crippen LogP contribution in [0.5, 0.6) is 5.88 Å². The third-order valence-corrected chi connectivity index (χ3v) is 3.79. The number of carbonyl (C=O) groups excluding carboxylic acids is 1. The fourth-order valence-corrected chi connectivity index (χ4v) is 2.53. The molecule has 7 heteroatoms. The topological polar surface area (TPSA) is 69.0 Å². The van der Waals surface area contributed by atoms with Crippen LogP contribution in [0.4, 0.5) is 5.69 Å². The van der Waals surface area contributed by atoms with Crippen LogP contribution in [0.15, 0.2) is 54.9 Å². The summed E-state index contributed by atoms with van der Waals surface area (Å²) in [6.07, 6.45) is 3.58. The molecule has 3 aromatic rings. The number of hydrogen-bond donors (Lipinski definition) is 1. The number of nitrogens with one attached hydrogen (secondary N) is 1. The maximum absolute atomic E-state index is 12.6. The monoisotopic (exact) mass is 356 g/mol. The van der Waals surface area contributed by atoms with Gasteiger partial charge in [0.1, 0.15) is 0 Å². The van der Waals surface area contributed by atoms with Gasteiger partial charge in [-0.2, -0.15) is 5.10 Å². The van der Waals surface area contributed by atoms with Crippen LogP contribution in [0.25, 0.3) is 0 Å². The standard InChI is InChI=1S/C18H17ClN4O2/c1-2-25-16-9-8-14(19)17(22-16)18(24)21-15-7-4-3-6-13(15)12-23-11-5-10-20-23/h3-11H,2,12H2,1H3,(H,21,24). The van der Waals surface area contributed by atoms with Gasteiger partial charge in [0.25, 0.3) is 5.91 Å². The minimum Gasteiger partial charge on any atom is -0.478 e. The minimum atomic E-state index is -0.389. The van der Waals surface area contributed by atoms with E-state index in [-0.39, 0.29) is 16.6 Å². The second-order valence-electron chi connectivity index (χ2n) is 5.23. The highest BCUT2D eigenvalue weighted by Gasteiger charge is 2.15. The lowest BCUT2D eigenvalue weighted by atomic mass is 10.1. The maximum Gasteiger partial charge on any atom is 0.275 e. The first kappa shape index (κ1) is 17.0. The molecule has 1 aromatic carbocycles. The molecule has 0 aliphatic rings. The molecular formula is C18H17ClN4O2. The molecule has 3 rings (SSSR count). The normalized spacial score (nSPS) is 10.5. The van der Waals surface area contributed by atoms with E-state index in [1.807, 2.05) is 43.5 Å². The minimum absolute atomic E-state index is 0.126. The van der Waals surface area contributed by atoms with Gasteiger partial charge >= 0.3 is 0 Å². The fraction of sp³-hybridized carbons (Fsp3) is 0.167. The summed E-state index contributed by atoms with van der Waals surface area (Å²) in [7, 11) is 0. The Morgan fingerprint density at radius 3 is 2.84 bits per heavy atom. The Hall–Kier alpha value is -2.86. The molecule has 0 saturated heterocycles. The third kappa shape index (κ3) is 4.16. The summed E-state index contributed by atoms with van der Waals surface area (Å²) in [5.74, 6) is -0.0265. The molecule has 2 aromatic heterocycles. The van der Waals surface area contributed by atoms with Gasteiger partial charge in [-0.1, -0.05) is 29.8 Å². The summed E-state index contributed by atoms with van der Waals surface area (Å²) < 4.78 is 7.12. The summed E-state index contributed by atoms with van der Waals surface area (Å²) in [6, 6.07) is 12.6. The number of hydrogen-bond acceptors (Lipinski definition) is 4. The molecule has 6 nitrogen and oxygen atoms in total. The van der Waals surface area contributed by atoms with E-state index in [4.69, 9.17) is 16.3 Å². The zero-order valence-electron chi connectivity index (χ0n) is 13.6. The van der Waals surface area contributed by atoms with Crippen molar-refractivity contribution in [3.05, 3.63) is 71.1 Å². The van der Waals surface area contributed by atoms with Crippen molar-refractivity contribution in [3.63, 3.8) is 0 Å². The van der Waals surface area contributed by atoms with Gasteiger partial charge in [-0.05, 0) is 30.7 Å². The van der Waals surface area contributed by atoms with Crippen molar-refractivity contribution in [2.24, 2.45) is 0 Å². The first-order chi connectivity index (χ1) is 12.2. The molecule has 0 unspecified atom stereocenters. The summed E-state index contributed by atoms with van der Waals surface area (Å²) in [4.78, 5) is 16.8. The Balaban J connectivity index is 1.83. The van der Waals surface area contributed by atoms with E-state index in [9.17, 15) is 4.79 Å². The summed E-state index contributed by atoms with van der Waals surface area (Å²) in [5, 5.41) is 7.33. The summed E-state index contributed by atoms with van der Waals surface area (Å²) >= 11 is 6.12. The van der Waals surface area contributed by atoms with Crippen molar-refractivity contribution in [1.29, 1.82) is 0 Å². The second kappa shape index (κ2) is 7.81. The number of halogens is 1. The first-order valence-electron chi connectivity index (χ1n) is 7.83. The molecule has 0 aliphatic heterocycles. The zero-order valence-corrected chi connectivity index (χ0v) is 14.4. The molecule has 0 saturated carbocycles. The molecule has 128 valence electrons. The third-order valence-electron chi connectivity index (χ3n) is 3.48. The van der Waals surface area contributed by atoms with Crippen molar-refractivity contribution in [2.45, 2.75) is 13.5 Å². The quantitative estimate of drug-likeness (QED) is 0.732. The van der Waals surface area contributed by atoms with E-state index in [0.29, 0.717) is 24.7 Å². The molecule has 1 amide bonds. The van der Waals surface area contributed by atoms with Gasteiger partial charge in [0.15, 0.2) is 5.69 Å². The molecule has 25 heavy (non-hydrogen) atoms. The predicted octanol–water partition coefficient (Wildman–Crippen LogP) is 3.63. The Morgan fingerprint density at radius 1 is 1.24 bits per heavy atom. The average molecular weight is 357 g/mol. The van der Waals surface area contributed by atoms with Crippen molar-refractivity contribution in [3.8, 4) is 5.88 Å². The van der Waals surface area contributed by atoms with Gasteiger partial charge in [-0.3, -0.25) is 9.48 Å². The van der Waals surface area contributed by atoms with Crippen molar-refractivity contribution >= 4 is 23.2 Å².